The molecule has 18 heavy (non-hydrogen) atoms. The van der Waals surface area contributed by atoms with Gasteiger partial charge in [0.2, 0.25) is 0 Å². The van der Waals surface area contributed by atoms with Crippen molar-refractivity contribution in [1.29, 1.82) is 0 Å². The highest BCUT2D eigenvalue weighted by molar-refractivity contribution is 5.32. The van der Waals surface area contributed by atoms with Crippen LogP contribution in [-0.4, -0.2) is 17.6 Å². The van der Waals surface area contributed by atoms with E-state index in [1.165, 1.54) is 12.8 Å². The molecule has 1 N–H and O–H groups in total. The zero-order valence-electron chi connectivity index (χ0n) is 11.1. The van der Waals surface area contributed by atoms with Crippen LogP contribution in [0.5, 0.6) is 5.75 Å². The van der Waals surface area contributed by atoms with Crippen molar-refractivity contribution in [2.75, 3.05) is 6.61 Å². The first kappa shape index (κ1) is 13.1. The molecular formula is C15H22N2O. The zero-order chi connectivity index (χ0) is 12.8. The third-order valence-electron chi connectivity index (χ3n) is 3.05. The highest BCUT2D eigenvalue weighted by Crippen LogP contribution is 2.23. The quantitative estimate of drug-likeness (QED) is 0.565. The molecular weight excluding hydrogens is 224 g/mol. The maximum atomic E-state index is 5.84. The molecule has 1 aromatic rings. The number of hydrogen-bond donors (Lipinski definition) is 1. The Balaban J connectivity index is 1.90. The predicted octanol–water partition coefficient (Wildman–Crippen LogP) is 2.99. The fourth-order valence-corrected chi connectivity index (χ4v) is 1.78. The van der Waals surface area contributed by atoms with Gasteiger partial charge in [0.1, 0.15) is 5.75 Å². The number of rotatable bonds is 8. The summed E-state index contributed by atoms with van der Waals surface area (Å²) >= 11 is 0. The molecule has 1 aliphatic carbocycles. The Morgan fingerprint density at radius 2 is 2.39 bits per heavy atom. The molecule has 98 valence electrons. The van der Waals surface area contributed by atoms with E-state index in [-0.39, 0.29) is 0 Å². The molecule has 1 aliphatic rings. The van der Waals surface area contributed by atoms with Crippen molar-refractivity contribution in [3.8, 4) is 5.75 Å². The third-order valence-corrected chi connectivity index (χ3v) is 3.05. The number of aromatic nitrogens is 1. The minimum Gasteiger partial charge on any atom is -0.493 e. The van der Waals surface area contributed by atoms with Crippen LogP contribution in [0.25, 0.3) is 0 Å². The van der Waals surface area contributed by atoms with E-state index in [1.807, 2.05) is 25.3 Å². The topological polar surface area (TPSA) is 34.1 Å². The second-order valence-electron chi connectivity index (χ2n) is 4.87. The average Bonchev–Trinajstić information content (AvgIpc) is 3.17. The van der Waals surface area contributed by atoms with Crippen molar-refractivity contribution >= 4 is 0 Å². The lowest BCUT2D eigenvalue weighted by Gasteiger charge is -2.12. The van der Waals surface area contributed by atoms with Crippen molar-refractivity contribution in [3.63, 3.8) is 0 Å². The van der Waals surface area contributed by atoms with Gasteiger partial charge in [0.25, 0.3) is 0 Å². The van der Waals surface area contributed by atoms with E-state index in [9.17, 15) is 0 Å². The molecule has 1 aromatic heterocycles. The summed E-state index contributed by atoms with van der Waals surface area (Å²) in [6, 6.07) is 2.73. The summed E-state index contributed by atoms with van der Waals surface area (Å²) in [6.45, 7) is 7.31. The molecule has 1 heterocycles. The Kier molecular flexibility index (Phi) is 4.76. The SMILES string of the molecule is C=CCCCOc1cc(C)ncc1CNC1CC1. The predicted molar refractivity (Wildman–Crippen MR) is 73.8 cm³/mol. The van der Waals surface area contributed by atoms with Gasteiger partial charge >= 0.3 is 0 Å². The summed E-state index contributed by atoms with van der Waals surface area (Å²) in [6.07, 6.45) is 8.47. The number of nitrogens with zero attached hydrogens (tertiary/aromatic N) is 1. The Morgan fingerprint density at radius 3 is 3.11 bits per heavy atom. The molecule has 0 spiro atoms. The number of unbranched alkanes of at least 4 members (excludes halogenated alkanes) is 1. The molecule has 0 aliphatic heterocycles. The van der Waals surface area contributed by atoms with Gasteiger partial charge in [0, 0.05) is 36.1 Å². The van der Waals surface area contributed by atoms with Crippen LogP contribution in [0.1, 0.15) is 36.9 Å². The Hall–Kier alpha value is -1.35. The van der Waals surface area contributed by atoms with Crippen LogP contribution in [0.15, 0.2) is 24.9 Å². The largest absolute Gasteiger partial charge is 0.493 e. The van der Waals surface area contributed by atoms with Gasteiger partial charge in [-0.3, -0.25) is 4.98 Å². The molecule has 1 saturated carbocycles. The maximum Gasteiger partial charge on any atom is 0.127 e. The zero-order valence-corrected chi connectivity index (χ0v) is 11.1. The lowest BCUT2D eigenvalue weighted by molar-refractivity contribution is 0.307. The van der Waals surface area contributed by atoms with Crippen LogP contribution in [0.2, 0.25) is 0 Å². The number of hydrogen-bond acceptors (Lipinski definition) is 3. The molecule has 0 unspecified atom stereocenters. The number of ether oxygens (including phenoxy) is 1. The van der Waals surface area contributed by atoms with Crippen LogP contribution >= 0.6 is 0 Å². The highest BCUT2D eigenvalue weighted by atomic mass is 16.5. The molecule has 1 fully saturated rings. The highest BCUT2D eigenvalue weighted by Gasteiger charge is 2.20. The van der Waals surface area contributed by atoms with E-state index in [4.69, 9.17) is 4.74 Å². The van der Waals surface area contributed by atoms with Crippen molar-refractivity contribution < 1.29 is 4.74 Å². The van der Waals surface area contributed by atoms with E-state index in [1.54, 1.807) is 0 Å². The first-order valence-electron chi connectivity index (χ1n) is 6.72. The molecule has 3 nitrogen and oxygen atoms in total. The van der Waals surface area contributed by atoms with Gasteiger partial charge in [-0.15, -0.1) is 6.58 Å². The van der Waals surface area contributed by atoms with Crippen LogP contribution in [0.3, 0.4) is 0 Å². The van der Waals surface area contributed by atoms with Crippen LogP contribution < -0.4 is 10.1 Å². The number of nitrogens with one attached hydrogen (secondary N) is 1. The van der Waals surface area contributed by atoms with Gasteiger partial charge in [-0.05, 0) is 32.6 Å². The number of allylic oxidation sites excluding steroid dienone is 1. The van der Waals surface area contributed by atoms with E-state index in [0.717, 1.165) is 43.0 Å². The van der Waals surface area contributed by atoms with Crippen LogP contribution in [-0.2, 0) is 6.54 Å². The molecule has 0 saturated heterocycles. The molecule has 0 bridgehead atoms. The average molecular weight is 246 g/mol. The van der Waals surface area contributed by atoms with Gasteiger partial charge in [0.05, 0.1) is 6.61 Å². The third kappa shape index (κ3) is 4.15. The van der Waals surface area contributed by atoms with Gasteiger partial charge in [-0.1, -0.05) is 6.08 Å². The van der Waals surface area contributed by atoms with E-state index in [0.29, 0.717) is 6.04 Å². The summed E-state index contributed by atoms with van der Waals surface area (Å²) in [4.78, 5) is 4.35. The maximum absolute atomic E-state index is 5.84. The summed E-state index contributed by atoms with van der Waals surface area (Å²) in [5.41, 5.74) is 2.16. The van der Waals surface area contributed by atoms with E-state index in [2.05, 4.69) is 16.9 Å². The lowest BCUT2D eigenvalue weighted by atomic mass is 10.2. The van der Waals surface area contributed by atoms with Gasteiger partial charge in [0.15, 0.2) is 0 Å². The monoisotopic (exact) mass is 246 g/mol. The molecule has 0 atom stereocenters. The lowest BCUT2D eigenvalue weighted by Crippen LogP contribution is -2.16. The first-order chi connectivity index (χ1) is 8.79. The van der Waals surface area contributed by atoms with Gasteiger partial charge in [-0.2, -0.15) is 0 Å². The standard InChI is InChI=1S/C15H22N2O/c1-3-4-5-8-18-15-9-12(2)16-10-13(15)11-17-14-6-7-14/h3,9-10,14,17H,1,4-8,11H2,2H3. The van der Waals surface area contributed by atoms with Crippen LogP contribution in [0.4, 0.5) is 0 Å². The second kappa shape index (κ2) is 6.55. The number of pyridine rings is 1. The molecule has 0 radical (unpaired) electrons. The smallest absolute Gasteiger partial charge is 0.127 e. The van der Waals surface area contributed by atoms with Gasteiger partial charge < -0.3 is 10.1 Å². The minimum absolute atomic E-state index is 0.708. The van der Waals surface area contributed by atoms with Gasteiger partial charge in [-0.25, -0.2) is 0 Å². The second-order valence-corrected chi connectivity index (χ2v) is 4.87. The molecule has 2 rings (SSSR count). The van der Waals surface area contributed by atoms with Crippen molar-refractivity contribution in [1.82, 2.24) is 10.3 Å². The molecule has 0 amide bonds. The van der Waals surface area contributed by atoms with Crippen molar-refractivity contribution in [2.24, 2.45) is 0 Å². The first-order valence-corrected chi connectivity index (χ1v) is 6.72. The summed E-state index contributed by atoms with van der Waals surface area (Å²) in [7, 11) is 0. The summed E-state index contributed by atoms with van der Waals surface area (Å²) in [5.74, 6) is 0.972. The summed E-state index contributed by atoms with van der Waals surface area (Å²) in [5, 5.41) is 3.50. The molecule has 0 aromatic carbocycles. The normalized spacial score (nSPS) is 14.5. The minimum atomic E-state index is 0.708. The number of aryl methyl sites for hydroxylation is 1. The molecule has 3 heteroatoms. The van der Waals surface area contributed by atoms with E-state index < -0.39 is 0 Å². The fraction of sp³-hybridized carbons (Fsp3) is 0.533. The van der Waals surface area contributed by atoms with Crippen molar-refractivity contribution in [2.45, 2.75) is 45.2 Å². The van der Waals surface area contributed by atoms with E-state index >= 15 is 0 Å². The Morgan fingerprint density at radius 1 is 1.56 bits per heavy atom. The van der Waals surface area contributed by atoms with Crippen molar-refractivity contribution in [3.05, 3.63) is 36.2 Å². The Bertz CT molecular complexity index is 399. The Labute approximate surface area is 109 Å². The fourth-order valence-electron chi connectivity index (χ4n) is 1.78. The van der Waals surface area contributed by atoms with Crippen LogP contribution in [0, 0.1) is 6.92 Å². The summed E-state index contributed by atoms with van der Waals surface area (Å²) < 4.78 is 5.84.